The molecule has 2 atom stereocenters. The first-order valence-corrected chi connectivity index (χ1v) is 14.9. The van der Waals surface area contributed by atoms with Crippen LogP contribution >= 0.6 is 0 Å². The van der Waals surface area contributed by atoms with Crippen molar-refractivity contribution in [3.05, 3.63) is 90.1 Å². The molecule has 6 rings (SSSR count). The summed E-state index contributed by atoms with van der Waals surface area (Å²) in [7, 11) is 0. The predicted octanol–water partition coefficient (Wildman–Crippen LogP) is 9.88. The number of hydrogen-bond acceptors (Lipinski definition) is 0. The molecule has 0 radical (unpaired) electrons. The van der Waals surface area contributed by atoms with Gasteiger partial charge in [0.1, 0.15) is 0 Å². The zero-order valence-corrected chi connectivity index (χ0v) is 24.3. The fraction of sp³-hybridized carbons (Fsp3) is 0.432. The zero-order chi connectivity index (χ0) is 26.9. The van der Waals surface area contributed by atoms with E-state index in [9.17, 15) is 0 Å². The first kappa shape index (κ1) is 25.4. The third-order valence-corrected chi connectivity index (χ3v) is 10.4. The van der Waals surface area contributed by atoms with Gasteiger partial charge < -0.3 is 0 Å². The lowest BCUT2D eigenvalue weighted by molar-refractivity contribution is -0.755. The van der Waals surface area contributed by atoms with Crippen LogP contribution in [0.1, 0.15) is 103 Å². The van der Waals surface area contributed by atoms with Gasteiger partial charge in [0.25, 0.3) is 0 Å². The molecule has 2 unspecified atom stereocenters. The van der Waals surface area contributed by atoms with Crippen molar-refractivity contribution < 1.29 is 4.57 Å². The predicted molar refractivity (Wildman–Crippen MR) is 163 cm³/mol. The van der Waals surface area contributed by atoms with Gasteiger partial charge in [-0.15, -0.1) is 0 Å². The topological polar surface area (TPSA) is 3.88 Å². The lowest BCUT2D eigenvalue weighted by Gasteiger charge is -2.47. The van der Waals surface area contributed by atoms with Gasteiger partial charge in [0.15, 0.2) is 11.7 Å². The van der Waals surface area contributed by atoms with Gasteiger partial charge in [-0.05, 0) is 88.6 Å². The van der Waals surface area contributed by atoms with Crippen LogP contribution < -0.4 is 4.57 Å². The van der Waals surface area contributed by atoms with E-state index in [1.165, 1.54) is 75.2 Å². The van der Waals surface area contributed by atoms with Gasteiger partial charge >= 0.3 is 0 Å². The molecule has 0 bridgehead atoms. The van der Waals surface area contributed by atoms with Crippen LogP contribution in [0.4, 0.5) is 0 Å². The van der Waals surface area contributed by atoms with Crippen LogP contribution in [0.3, 0.4) is 0 Å². The Balaban J connectivity index is 1.79. The van der Waals surface area contributed by atoms with Crippen molar-refractivity contribution in [2.75, 3.05) is 0 Å². The van der Waals surface area contributed by atoms with Gasteiger partial charge in [-0.25, -0.2) is 0 Å². The highest BCUT2D eigenvalue weighted by molar-refractivity contribution is 6.01. The van der Waals surface area contributed by atoms with Crippen LogP contribution in [0.5, 0.6) is 0 Å². The maximum absolute atomic E-state index is 4.51. The monoisotopic (exact) mass is 502 g/mol. The summed E-state index contributed by atoms with van der Waals surface area (Å²) < 4.78 is 2.60. The molecule has 4 aromatic rings. The number of fused-ring (bicyclic) bond motifs is 7. The van der Waals surface area contributed by atoms with E-state index in [0.29, 0.717) is 0 Å². The van der Waals surface area contributed by atoms with E-state index in [-0.39, 0.29) is 16.4 Å². The maximum Gasteiger partial charge on any atom is 0.221 e. The van der Waals surface area contributed by atoms with E-state index in [1.54, 1.807) is 0 Å². The fourth-order valence-electron chi connectivity index (χ4n) is 8.19. The maximum atomic E-state index is 4.51. The van der Waals surface area contributed by atoms with Gasteiger partial charge in [-0.2, -0.15) is 4.57 Å². The molecule has 1 nitrogen and oxygen atoms in total. The molecular formula is C37H44N+. The van der Waals surface area contributed by atoms with E-state index in [1.807, 2.05) is 0 Å². The van der Waals surface area contributed by atoms with Crippen molar-refractivity contribution in [2.45, 2.75) is 102 Å². The third kappa shape index (κ3) is 3.33. The number of rotatable bonds is 4. The van der Waals surface area contributed by atoms with Gasteiger partial charge in [0.05, 0.1) is 16.4 Å². The Hall–Kier alpha value is -2.93. The van der Waals surface area contributed by atoms with E-state index >= 15 is 0 Å². The van der Waals surface area contributed by atoms with Gasteiger partial charge in [0, 0.05) is 12.5 Å². The zero-order valence-electron chi connectivity index (χ0n) is 24.3. The molecule has 38 heavy (non-hydrogen) atoms. The normalized spacial score (nSPS) is 23.5. The molecule has 0 saturated heterocycles. The fourth-order valence-corrected chi connectivity index (χ4v) is 8.19. The highest BCUT2D eigenvalue weighted by Crippen LogP contribution is 2.55. The highest BCUT2D eigenvalue weighted by Gasteiger charge is 2.58. The first-order valence-electron chi connectivity index (χ1n) is 14.9. The molecule has 1 fully saturated rings. The summed E-state index contributed by atoms with van der Waals surface area (Å²) in [5, 5.41) is 5.53. The lowest BCUT2D eigenvalue weighted by atomic mass is 9.58. The first-order chi connectivity index (χ1) is 18.2. The highest BCUT2D eigenvalue weighted by atomic mass is 15.1. The lowest BCUT2D eigenvalue weighted by Crippen LogP contribution is -2.68. The minimum atomic E-state index is -0.214. The Bertz CT molecular complexity index is 1560. The summed E-state index contributed by atoms with van der Waals surface area (Å²) in [5.74, 6) is 0.720. The van der Waals surface area contributed by atoms with Crippen LogP contribution in [0.15, 0.2) is 73.4 Å². The minimum absolute atomic E-state index is 0.0417. The Labute approximate surface area is 229 Å². The second-order valence-electron chi connectivity index (χ2n) is 13.2. The summed E-state index contributed by atoms with van der Waals surface area (Å²) in [6.07, 6.45) is 12.1. The van der Waals surface area contributed by atoms with Crippen molar-refractivity contribution in [1.82, 2.24) is 0 Å². The summed E-state index contributed by atoms with van der Waals surface area (Å²) in [4.78, 5) is 0. The van der Waals surface area contributed by atoms with Gasteiger partial charge in [-0.1, -0.05) is 90.4 Å². The molecule has 0 spiro atoms. The second kappa shape index (κ2) is 8.80. The molecule has 3 aromatic carbocycles. The van der Waals surface area contributed by atoms with E-state index in [2.05, 4.69) is 120 Å². The Kier molecular flexibility index (Phi) is 5.87. The molecule has 1 aliphatic heterocycles. The van der Waals surface area contributed by atoms with Crippen LogP contribution in [0.2, 0.25) is 0 Å². The summed E-state index contributed by atoms with van der Waals surface area (Å²) in [6, 6.07) is 21.4. The van der Waals surface area contributed by atoms with E-state index in [0.717, 1.165) is 18.8 Å². The molecule has 196 valence electrons. The van der Waals surface area contributed by atoms with Crippen molar-refractivity contribution >= 4 is 21.5 Å². The van der Waals surface area contributed by atoms with Crippen LogP contribution in [-0.4, -0.2) is 0 Å². The summed E-state index contributed by atoms with van der Waals surface area (Å²) >= 11 is 0. The Morgan fingerprint density at radius 3 is 2.26 bits per heavy atom. The molecular weight excluding hydrogens is 458 g/mol. The number of pyridine rings is 1. The van der Waals surface area contributed by atoms with Gasteiger partial charge in [-0.3, -0.25) is 0 Å². The van der Waals surface area contributed by atoms with Crippen molar-refractivity contribution in [3.63, 3.8) is 0 Å². The van der Waals surface area contributed by atoms with Crippen molar-refractivity contribution in [2.24, 2.45) is 0 Å². The molecule has 0 amide bonds. The standard InChI is InChI=1S/C37H44N/c1-8-36(7)33-30-18-14-13-17-29(30)32(35(4,5)6)24-31(33)34-28-20-19-26(25-15-11-12-16-25)23-27(28)21-22-38(34)37(36,9-2)10-3/h9,13-14,17-25H,2,8,10-12,15-16H2,1,3-7H3/q+1. The number of nitrogens with zero attached hydrogens (tertiary/aromatic N) is 1. The van der Waals surface area contributed by atoms with Crippen LogP contribution in [0, 0.1) is 0 Å². The molecule has 1 heteroatoms. The number of aromatic nitrogens is 1. The smallest absolute Gasteiger partial charge is 0.188 e. The largest absolute Gasteiger partial charge is 0.221 e. The SMILES string of the molecule is C=CC1(CC)[n+]2ccc3cc(C4CCCC4)ccc3c2-c2cc(C(C)(C)C)c3ccccc3c2C1(C)CC. The average Bonchev–Trinajstić information content (AvgIpc) is 3.47. The summed E-state index contributed by atoms with van der Waals surface area (Å²) in [5.41, 5.74) is 6.95. The van der Waals surface area contributed by atoms with E-state index in [4.69, 9.17) is 0 Å². The Morgan fingerprint density at radius 2 is 1.63 bits per heavy atom. The number of benzene rings is 3. The molecule has 0 N–H and O–H groups in total. The molecule has 2 aliphatic rings. The van der Waals surface area contributed by atoms with E-state index < -0.39 is 0 Å². The van der Waals surface area contributed by atoms with Crippen LogP contribution in [0.25, 0.3) is 32.8 Å². The van der Waals surface area contributed by atoms with Crippen LogP contribution in [-0.2, 0) is 16.4 Å². The quantitative estimate of drug-likeness (QED) is 0.193. The third-order valence-electron chi connectivity index (χ3n) is 10.4. The average molecular weight is 503 g/mol. The molecule has 1 aromatic heterocycles. The summed E-state index contributed by atoms with van der Waals surface area (Å²) in [6.45, 7) is 18.8. The van der Waals surface area contributed by atoms with Crippen molar-refractivity contribution in [1.29, 1.82) is 0 Å². The number of allylic oxidation sites excluding steroid dienone is 1. The molecule has 1 aliphatic carbocycles. The van der Waals surface area contributed by atoms with Gasteiger partial charge in [0.2, 0.25) is 5.69 Å². The Morgan fingerprint density at radius 1 is 0.921 bits per heavy atom. The number of hydrogen-bond donors (Lipinski definition) is 0. The molecule has 1 saturated carbocycles. The second-order valence-corrected chi connectivity index (χ2v) is 13.2. The van der Waals surface area contributed by atoms with Crippen molar-refractivity contribution in [3.8, 4) is 11.3 Å². The molecule has 2 heterocycles. The minimum Gasteiger partial charge on any atom is -0.188 e.